The maximum atomic E-state index is 8.83. The smallest absolute Gasteiger partial charge is 0.236 e. The lowest BCUT2D eigenvalue weighted by atomic mass is 10.1. The quantitative estimate of drug-likeness (QED) is 0.852. The number of hydrogen-bond donors (Lipinski definition) is 0. The molecule has 4 nitrogen and oxygen atoms in total. The third-order valence-corrected chi connectivity index (χ3v) is 2.70. The van der Waals surface area contributed by atoms with Gasteiger partial charge in [-0.25, -0.2) is 9.97 Å². The summed E-state index contributed by atoms with van der Waals surface area (Å²) in [5.74, 6) is 1.04. The summed E-state index contributed by atoms with van der Waals surface area (Å²) in [6.07, 6.45) is 3.01. The minimum absolute atomic E-state index is 0.429. The van der Waals surface area contributed by atoms with Gasteiger partial charge in [0.15, 0.2) is 0 Å². The largest absolute Gasteiger partial charge is 0.437 e. The van der Waals surface area contributed by atoms with E-state index in [1.54, 1.807) is 18.3 Å². The maximum absolute atomic E-state index is 8.83. The van der Waals surface area contributed by atoms with Crippen LogP contribution in [0.5, 0.6) is 11.6 Å². The molecular weight excluding hydrogens is 282 g/mol. The second kappa shape index (κ2) is 4.93. The van der Waals surface area contributed by atoms with Crippen molar-refractivity contribution in [2.24, 2.45) is 0 Å². The van der Waals surface area contributed by atoms with Crippen molar-refractivity contribution in [2.45, 2.75) is 6.92 Å². The van der Waals surface area contributed by atoms with E-state index in [0.717, 1.165) is 5.56 Å². The highest BCUT2D eigenvalue weighted by Crippen LogP contribution is 2.28. The first-order chi connectivity index (χ1) is 8.20. The van der Waals surface area contributed by atoms with Crippen molar-refractivity contribution in [3.63, 3.8) is 0 Å². The second-order valence-corrected chi connectivity index (χ2v) is 4.22. The van der Waals surface area contributed by atoms with Crippen molar-refractivity contribution in [3.8, 4) is 17.7 Å². The first-order valence-corrected chi connectivity index (χ1v) is 5.64. The van der Waals surface area contributed by atoms with Gasteiger partial charge in [0.25, 0.3) is 0 Å². The molecule has 2 rings (SSSR count). The SMILES string of the molecule is Cc1ccc(C#N)cc1Oc1ncncc1Br. The molecule has 0 amide bonds. The highest BCUT2D eigenvalue weighted by atomic mass is 79.9. The normalized spacial score (nSPS) is 9.71. The van der Waals surface area contributed by atoms with Gasteiger partial charge in [-0.1, -0.05) is 6.07 Å². The van der Waals surface area contributed by atoms with E-state index >= 15 is 0 Å². The van der Waals surface area contributed by atoms with E-state index in [1.807, 2.05) is 13.0 Å². The van der Waals surface area contributed by atoms with Crippen LogP contribution in [0.3, 0.4) is 0 Å². The van der Waals surface area contributed by atoms with Gasteiger partial charge < -0.3 is 4.74 Å². The molecule has 0 atom stereocenters. The molecule has 5 heteroatoms. The Bertz CT molecular complexity index is 593. The molecule has 0 radical (unpaired) electrons. The number of hydrogen-bond acceptors (Lipinski definition) is 4. The molecule has 0 N–H and O–H groups in total. The number of ether oxygens (including phenoxy) is 1. The highest BCUT2D eigenvalue weighted by Gasteiger charge is 2.07. The second-order valence-electron chi connectivity index (χ2n) is 3.37. The van der Waals surface area contributed by atoms with Gasteiger partial charge in [0.1, 0.15) is 12.1 Å². The lowest BCUT2D eigenvalue weighted by Gasteiger charge is -2.08. The van der Waals surface area contributed by atoms with Crippen LogP contribution >= 0.6 is 15.9 Å². The van der Waals surface area contributed by atoms with Gasteiger partial charge in [0, 0.05) is 6.20 Å². The first kappa shape index (κ1) is 11.6. The molecule has 1 aromatic heterocycles. The Kier molecular flexibility index (Phi) is 3.35. The van der Waals surface area contributed by atoms with E-state index < -0.39 is 0 Å². The number of rotatable bonds is 2. The molecule has 17 heavy (non-hydrogen) atoms. The summed E-state index contributed by atoms with van der Waals surface area (Å²) in [7, 11) is 0. The van der Waals surface area contributed by atoms with E-state index in [2.05, 4.69) is 32.0 Å². The van der Waals surface area contributed by atoms with Gasteiger partial charge >= 0.3 is 0 Å². The summed E-state index contributed by atoms with van der Waals surface area (Å²) in [5, 5.41) is 8.83. The number of aryl methyl sites for hydroxylation is 1. The average molecular weight is 290 g/mol. The molecule has 0 aliphatic heterocycles. The monoisotopic (exact) mass is 289 g/mol. The van der Waals surface area contributed by atoms with Crippen molar-refractivity contribution in [3.05, 3.63) is 46.3 Å². The van der Waals surface area contributed by atoms with Crippen molar-refractivity contribution in [2.75, 3.05) is 0 Å². The van der Waals surface area contributed by atoms with Gasteiger partial charge in [-0.15, -0.1) is 0 Å². The summed E-state index contributed by atoms with van der Waals surface area (Å²) in [4.78, 5) is 7.86. The van der Waals surface area contributed by atoms with Gasteiger partial charge in [0.2, 0.25) is 5.88 Å². The van der Waals surface area contributed by atoms with Crippen molar-refractivity contribution >= 4 is 15.9 Å². The van der Waals surface area contributed by atoms with Gasteiger partial charge in [0.05, 0.1) is 16.1 Å². The molecule has 0 saturated carbocycles. The summed E-state index contributed by atoms with van der Waals surface area (Å²) in [6.45, 7) is 1.91. The predicted molar refractivity (Wildman–Crippen MR) is 65.7 cm³/mol. The van der Waals surface area contributed by atoms with Gasteiger partial charge in [-0.3, -0.25) is 0 Å². The minimum atomic E-state index is 0.429. The zero-order valence-corrected chi connectivity index (χ0v) is 10.6. The van der Waals surface area contributed by atoms with Crippen LogP contribution in [0.2, 0.25) is 0 Å². The standard InChI is InChI=1S/C12H8BrN3O/c1-8-2-3-9(5-14)4-11(8)17-12-10(13)6-15-7-16-12/h2-4,6-7H,1H3. The molecule has 0 saturated heterocycles. The fourth-order valence-corrected chi connectivity index (χ4v) is 1.56. The third kappa shape index (κ3) is 2.60. The Labute approximate surface area is 107 Å². The fraction of sp³-hybridized carbons (Fsp3) is 0.0833. The minimum Gasteiger partial charge on any atom is -0.437 e. The van der Waals surface area contributed by atoms with Crippen LogP contribution in [0.1, 0.15) is 11.1 Å². The number of halogens is 1. The summed E-state index contributed by atoms with van der Waals surface area (Å²) in [5.41, 5.74) is 1.49. The lowest BCUT2D eigenvalue weighted by molar-refractivity contribution is 0.454. The van der Waals surface area contributed by atoms with Gasteiger partial charge in [-0.05, 0) is 40.5 Å². The fourth-order valence-electron chi connectivity index (χ4n) is 1.26. The van der Waals surface area contributed by atoms with Crippen molar-refractivity contribution in [1.29, 1.82) is 5.26 Å². The van der Waals surface area contributed by atoms with Crippen LogP contribution in [-0.2, 0) is 0 Å². The molecule has 84 valence electrons. The topological polar surface area (TPSA) is 58.8 Å². The molecule has 0 aliphatic rings. The van der Waals surface area contributed by atoms with Crippen LogP contribution in [0.15, 0.2) is 35.2 Å². The predicted octanol–water partition coefficient (Wildman–Crippen LogP) is 3.21. The Morgan fingerprint density at radius 1 is 1.41 bits per heavy atom. The Balaban J connectivity index is 2.37. The number of nitriles is 1. The number of benzene rings is 1. The lowest BCUT2D eigenvalue weighted by Crippen LogP contribution is -1.92. The maximum Gasteiger partial charge on any atom is 0.236 e. The molecule has 0 bridgehead atoms. The molecule has 0 spiro atoms. The molecule has 0 unspecified atom stereocenters. The van der Waals surface area contributed by atoms with E-state index in [9.17, 15) is 0 Å². The van der Waals surface area contributed by atoms with Crippen LogP contribution < -0.4 is 4.74 Å². The van der Waals surface area contributed by atoms with Crippen LogP contribution in [0.25, 0.3) is 0 Å². The van der Waals surface area contributed by atoms with Gasteiger partial charge in [-0.2, -0.15) is 5.26 Å². The third-order valence-electron chi connectivity index (χ3n) is 2.16. The molecule has 0 aliphatic carbocycles. The molecular formula is C12H8BrN3O. The molecule has 0 fully saturated rings. The van der Waals surface area contributed by atoms with E-state index in [4.69, 9.17) is 10.00 Å². The van der Waals surface area contributed by atoms with E-state index in [1.165, 1.54) is 6.33 Å². The molecule has 2 aromatic rings. The van der Waals surface area contributed by atoms with Crippen LogP contribution in [-0.4, -0.2) is 9.97 Å². The van der Waals surface area contributed by atoms with Crippen LogP contribution in [0, 0.1) is 18.3 Å². The Morgan fingerprint density at radius 2 is 2.24 bits per heavy atom. The highest BCUT2D eigenvalue weighted by molar-refractivity contribution is 9.10. The van der Waals surface area contributed by atoms with E-state index in [0.29, 0.717) is 21.7 Å². The molecule has 1 aromatic carbocycles. The zero-order valence-electron chi connectivity index (χ0n) is 9.01. The average Bonchev–Trinajstić information content (AvgIpc) is 2.35. The summed E-state index contributed by atoms with van der Waals surface area (Å²) < 4.78 is 6.30. The Morgan fingerprint density at radius 3 is 2.94 bits per heavy atom. The Hall–Kier alpha value is -1.93. The van der Waals surface area contributed by atoms with Crippen LogP contribution in [0.4, 0.5) is 0 Å². The number of nitrogens with zero attached hydrogens (tertiary/aromatic N) is 3. The van der Waals surface area contributed by atoms with Crippen molar-refractivity contribution in [1.82, 2.24) is 9.97 Å². The zero-order chi connectivity index (χ0) is 12.3. The first-order valence-electron chi connectivity index (χ1n) is 4.85. The molecule has 1 heterocycles. The van der Waals surface area contributed by atoms with Crippen molar-refractivity contribution < 1.29 is 4.74 Å². The summed E-state index contributed by atoms with van der Waals surface area (Å²) >= 11 is 3.30. The van der Waals surface area contributed by atoms with E-state index in [-0.39, 0.29) is 0 Å². The number of aromatic nitrogens is 2. The summed E-state index contributed by atoms with van der Waals surface area (Å²) in [6, 6.07) is 7.34.